The van der Waals surface area contributed by atoms with Gasteiger partial charge in [-0.05, 0) is 74.8 Å². The van der Waals surface area contributed by atoms with Crippen molar-refractivity contribution in [3.63, 3.8) is 0 Å². The number of benzene rings is 1. The van der Waals surface area contributed by atoms with Crippen LogP contribution in [0.25, 0.3) is 0 Å². The predicted molar refractivity (Wildman–Crippen MR) is 91.5 cm³/mol. The van der Waals surface area contributed by atoms with Crippen LogP contribution in [0, 0.1) is 30.6 Å². The Kier molecular flexibility index (Phi) is 4.33. The first-order valence-corrected chi connectivity index (χ1v) is 9.28. The summed E-state index contributed by atoms with van der Waals surface area (Å²) in [5.41, 5.74) is 1.22. The second-order valence-electron chi connectivity index (χ2n) is 8.14. The second-order valence-corrected chi connectivity index (χ2v) is 8.14. The summed E-state index contributed by atoms with van der Waals surface area (Å²) < 4.78 is 5.69. The predicted octanol–water partition coefficient (Wildman–Crippen LogP) is 3.15. The molecule has 4 bridgehead atoms. The van der Waals surface area contributed by atoms with Gasteiger partial charge in [0.15, 0.2) is 0 Å². The Morgan fingerprint density at radius 1 is 1.04 bits per heavy atom. The van der Waals surface area contributed by atoms with Crippen molar-refractivity contribution < 1.29 is 9.84 Å². The van der Waals surface area contributed by atoms with E-state index < -0.39 is 6.10 Å². The first-order chi connectivity index (χ1) is 11.2. The highest BCUT2D eigenvalue weighted by Crippen LogP contribution is 2.53. The Morgan fingerprint density at radius 3 is 2.26 bits per heavy atom. The number of nitrogens with one attached hydrogen (secondary N) is 1. The summed E-state index contributed by atoms with van der Waals surface area (Å²) in [5.74, 6) is 4.56. The summed E-state index contributed by atoms with van der Waals surface area (Å²) in [6.45, 7) is 3.08. The van der Waals surface area contributed by atoms with Gasteiger partial charge in [-0.3, -0.25) is 0 Å². The molecule has 0 spiro atoms. The lowest BCUT2D eigenvalue weighted by Crippen LogP contribution is -2.55. The van der Waals surface area contributed by atoms with Gasteiger partial charge in [-0.1, -0.05) is 17.7 Å². The van der Waals surface area contributed by atoms with Crippen molar-refractivity contribution >= 4 is 0 Å². The van der Waals surface area contributed by atoms with E-state index in [0.717, 1.165) is 29.4 Å². The number of aryl methyl sites for hydroxylation is 1. The van der Waals surface area contributed by atoms with Gasteiger partial charge in [-0.15, -0.1) is 0 Å². The van der Waals surface area contributed by atoms with E-state index in [2.05, 4.69) is 12.2 Å². The van der Waals surface area contributed by atoms with Gasteiger partial charge in [-0.2, -0.15) is 0 Å². The van der Waals surface area contributed by atoms with Crippen LogP contribution in [0.4, 0.5) is 0 Å². The lowest BCUT2D eigenvalue weighted by atomic mass is 9.54. The molecule has 0 aromatic heterocycles. The molecule has 0 radical (unpaired) electrons. The Hall–Kier alpha value is -1.06. The average Bonchev–Trinajstić information content (AvgIpc) is 2.53. The minimum Gasteiger partial charge on any atom is -0.491 e. The zero-order valence-electron chi connectivity index (χ0n) is 14.1. The molecular formula is C20H29NO2. The van der Waals surface area contributed by atoms with E-state index in [9.17, 15) is 5.11 Å². The highest BCUT2D eigenvalue weighted by Gasteiger charge is 2.47. The largest absolute Gasteiger partial charge is 0.491 e. The molecule has 0 unspecified atom stereocenters. The average molecular weight is 315 g/mol. The van der Waals surface area contributed by atoms with E-state index in [1.165, 1.54) is 37.7 Å². The van der Waals surface area contributed by atoms with Crippen LogP contribution in [0.2, 0.25) is 0 Å². The molecule has 1 atom stereocenters. The second kappa shape index (κ2) is 6.45. The van der Waals surface area contributed by atoms with E-state index in [1.54, 1.807) is 0 Å². The molecule has 4 saturated carbocycles. The molecule has 0 heterocycles. The molecule has 0 aliphatic heterocycles. The Bertz CT molecular complexity index is 499. The van der Waals surface area contributed by atoms with Gasteiger partial charge >= 0.3 is 0 Å². The van der Waals surface area contributed by atoms with Gasteiger partial charge in [0.1, 0.15) is 18.5 Å². The van der Waals surface area contributed by atoms with Crippen molar-refractivity contribution in [2.24, 2.45) is 23.7 Å². The number of ether oxygens (including phenoxy) is 1. The molecule has 0 saturated heterocycles. The van der Waals surface area contributed by atoms with Crippen molar-refractivity contribution in [1.82, 2.24) is 5.32 Å². The molecule has 4 aliphatic carbocycles. The fourth-order valence-electron chi connectivity index (χ4n) is 5.42. The lowest BCUT2D eigenvalue weighted by Gasteiger charge is -2.54. The summed E-state index contributed by atoms with van der Waals surface area (Å²) in [6, 6.07) is 8.64. The van der Waals surface area contributed by atoms with Crippen LogP contribution in [-0.4, -0.2) is 30.4 Å². The van der Waals surface area contributed by atoms with E-state index in [0.29, 0.717) is 19.2 Å². The Labute approximate surface area is 139 Å². The maximum Gasteiger partial charge on any atom is 0.119 e. The molecule has 3 heteroatoms. The third kappa shape index (κ3) is 3.41. The Morgan fingerprint density at radius 2 is 1.65 bits per heavy atom. The first-order valence-electron chi connectivity index (χ1n) is 9.28. The van der Waals surface area contributed by atoms with Gasteiger partial charge in [0.05, 0.1) is 0 Å². The van der Waals surface area contributed by atoms with Crippen LogP contribution in [0.1, 0.15) is 37.7 Å². The maximum absolute atomic E-state index is 10.2. The van der Waals surface area contributed by atoms with Crippen molar-refractivity contribution in [1.29, 1.82) is 0 Å². The molecule has 4 fully saturated rings. The maximum atomic E-state index is 10.2. The van der Waals surface area contributed by atoms with Crippen molar-refractivity contribution in [3.05, 3.63) is 29.8 Å². The van der Waals surface area contributed by atoms with Crippen molar-refractivity contribution in [2.75, 3.05) is 13.2 Å². The fraction of sp³-hybridized carbons (Fsp3) is 0.700. The van der Waals surface area contributed by atoms with Gasteiger partial charge in [-0.25, -0.2) is 0 Å². The number of hydrogen-bond donors (Lipinski definition) is 2. The van der Waals surface area contributed by atoms with Gasteiger partial charge in [0.25, 0.3) is 0 Å². The van der Waals surface area contributed by atoms with Crippen LogP contribution >= 0.6 is 0 Å². The molecule has 126 valence electrons. The number of hydrogen-bond acceptors (Lipinski definition) is 3. The smallest absolute Gasteiger partial charge is 0.119 e. The van der Waals surface area contributed by atoms with Crippen LogP contribution in [0.5, 0.6) is 5.75 Å². The lowest BCUT2D eigenvalue weighted by molar-refractivity contribution is -0.0188. The van der Waals surface area contributed by atoms with Crippen LogP contribution in [-0.2, 0) is 0 Å². The standard InChI is InChI=1S/C20H29NO2/c1-13-2-4-19(5-3-13)23-12-18(22)11-21-20-16-7-14-6-15(9-16)10-17(20)8-14/h2-5,14-18,20-22H,6-12H2,1H3/t14?,15?,16?,17?,18-,20?/m1/s1. The highest BCUT2D eigenvalue weighted by atomic mass is 16.5. The molecule has 3 nitrogen and oxygen atoms in total. The zero-order valence-corrected chi connectivity index (χ0v) is 14.1. The molecular weight excluding hydrogens is 286 g/mol. The topological polar surface area (TPSA) is 41.5 Å². The van der Waals surface area contributed by atoms with Crippen LogP contribution < -0.4 is 10.1 Å². The molecule has 5 rings (SSSR count). The minimum absolute atomic E-state index is 0.364. The zero-order chi connectivity index (χ0) is 15.8. The SMILES string of the molecule is Cc1ccc(OC[C@H](O)CNC2C3CC4CC(C3)CC2C4)cc1. The van der Waals surface area contributed by atoms with E-state index in [-0.39, 0.29) is 0 Å². The summed E-state index contributed by atoms with van der Waals surface area (Å²) in [7, 11) is 0. The molecule has 0 amide bonds. The van der Waals surface area contributed by atoms with Gasteiger partial charge in [0, 0.05) is 12.6 Å². The molecule has 2 N–H and O–H groups in total. The quantitative estimate of drug-likeness (QED) is 0.847. The number of rotatable bonds is 6. The van der Waals surface area contributed by atoms with Gasteiger partial charge in [0.2, 0.25) is 0 Å². The van der Waals surface area contributed by atoms with Gasteiger partial charge < -0.3 is 15.2 Å². The van der Waals surface area contributed by atoms with Crippen molar-refractivity contribution in [2.45, 2.75) is 51.2 Å². The highest BCUT2D eigenvalue weighted by molar-refractivity contribution is 5.26. The minimum atomic E-state index is -0.437. The normalized spacial score (nSPS) is 36.2. The summed E-state index contributed by atoms with van der Waals surface area (Å²) in [6.07, 6.45) is 6.73. The molecule has 1 aromatic carbocycles. The van der Waals surface area contributed by atoms with Crippen LogP contribution in [0.3, 0.4) is 0 Å². The van der Waals surface area contributed by atoms with Crippen molar-refractivity contribution in [3.8, 4) is 5.75 Å². The molecule has 1 aromatic rings. The first kappa shape index (κ1) is 15.5. The van der Waals surface area contributed by atoms with E-state index >= 15 is 0 Å². The molecule has 23 heavy (non-hydrogen) atoms. The Balaban J connectivity index is 1.24. The summed E-state index contributed by atoms with van der Waals surface area (Å²) in [5, 5.41) is 13.9. The third-order valence-electron chi connectivity index (χ3n) is 6.28. The third-order valence-corrected chi connectivity index (χ3v) is 6.28. The summed E-state index contributed by atoms with van der Waals surface area (Å²) in [4.78, 5) is 0. The fourth-order valence-corrected chi connectivity index (χ4v) is 5.42. The van der Waals surface area contributed by atoms with Crippen LogP contribution in [0.15, 0.2) is 24.3 Å². The molecule has 4 aliphatic rings. The monoisotopic (exact) mass is 315 g/mol. The summed E-state index contributed by atoms with van der Waals surface area (Å²) >= 11 is 0. The number of aliphatic hydroxyl groups is 1. The van der Waals surface area contributed by atoms with E-state index in [4.69, 9.17) is 4.74 Å². The van der Waals surface area contributed by atoms with E-state index in [1.807, 2.05) is 24.3 Å². The number of aliphatic hydroxyl groups excluding tert-OH is 1.